The molecule has 0 unspecified atom stereocenters. The molecule has 3 aromatic carbocycles. The zero-order valence-electron chi connectivity index (χ0n) is 16.5. The zero-order chi connectivity index (χ0) is 22.9. The molecule has 4 rings (SSSR count). The van der Waals surface area contributed by atoms with Gasteiger partial charge in [0.05, 0.1) is 26.3 Å². The van der Waals surface area contributed by atoms with Gasteiger partial charge in [-0.1, -0.05) is 53.0 Å². The number of nitrogens with one attached hydrogen (secondary N) is 1. The molecule has 1 aliphatic heterocycles. The Morgan fingerprint density at radius 2 is 1.78 bits per heavy atom. The van der Waals surface area contributed by atoms with Crippen molar-refractivity contribution in [2.75, 3.05) is 22.8 Å². The number of halogens is 3. The molecule has 32 heavy (non-hydrogen) atoms. The molecule has 0 fully saturated rings. The normalized spacial score (nSPS) is 13.0. The van der Waals surface area contributed by atoms with E-state index in [1.807, 2.05) is 12.1 Å². The number of fused-ring (bicyclic) bond motifs is 1. The molecule has 0 atom stereocenters. The molecule has 0 saturated heterocycles. The van der Waals surface area contributed by atoms with Crippen LogP contribution in [-0.4, -0.2) is 27.5 Å². The Balaban J connectivity index is 1.45. The van der Waals surface area contributed by atoms with E-state index in [0.717, 1.165) is 5.56 Å². The number of rotatable bonds is 6. The molecular formula is C22H17Cl3N2O4S. The lowest BCUT2D eigenvalue weighted by Gasteiger charge is -2.20. The molecule has 166 valence electrons. The molecule has 0 radical (unpaired) electrons. The Morgan fingerprint density at radius 3 is 2.53 bits per heavy atom. The Labute approximate surface area is 200 Å². The molecule has 0 aromatic heterocycles. The number of para-hydroxylation sites is 1. The second-order valence-corrected chi connectivity index (χ2v) is 10.1. The minimum Gasteiger partial charge on any atom is -0.482 e. The number of sulfonamides is 1. The highest BCUT2D eigenvalue weighted by Crippen LogP contribution is 2.35. The van der Waals surface area contributed by atoms with Crippen molar-refractivity contribution < 1.29 is 17.9 Å². The number of amides is 1. The van der Waals surface area contributed by atoms with Gasteiger partial charge in [0.25, 0.3) is 15.9 Å². The van der Waals surface area contributed by atoms with Crippen LogP contribution >= 0.6 is 34.8 Å². The number of anilines is 2. The van der Waals surface area contributed by atoms with Gasteiger partial charge in [-0.15, -0.1) is 0 Å². The summed E-state index contributed by atoms with van der Waals surface area (Å²) in [6, 6.07) is 16.2. The number of carbonyl (C=O) groups excluding carboxylic acids is 1. The van der Waals surface area contributed by atoms with Crippen molar-refractivity contribution in [1.29, 1.82) is 0 Å². The predicted molar refractivity (Wildman–Crippen MR) is 127 cm³/mol. The van der Waals surface area contributed by atoms with Crippen LogP contribution in [0.3, 0.4) is 0 Å². The van der Waals surface area contributed by atoms with E-state index < -0.39 is 15.9 Å². The quantitative estimate of drug-likeness (QED) is 0.480. The first-order valence-corrected chi connectivity index (χ1v) is 12.1. The number of nitrogens with zero attached hydrogens (tertiary/aromatic N) is 1. The van der Waals surface area contributed by atoms with Gasteiger partial charge in [0.1, 0.15) is 5.75 Å². The summed E-state index contributed by atoms with van der Waals surface area (Å²) < 4.78 is 33.1. The summed E-state index contributed by atoms with van der Waals surface area (Å²) in [5.41, 5.74) is 2.04. The van der Waals surface area contributed by atoms with Gasteiger partial charge in [-0.25, -0.2) is 8.42 Å². The van der Waals surface area contributed by atoms with Crippen LogP contribution in [0.1, 0.15) is 5.56 Å². The molecule has 0 saturated carbocycles. The third-order valence-corrected chi connectivity index (χ3v) is 7.55. The number of carbonyl (C=O) groups is 1. The fourth-order valence-electron chi connectivity index (χ4n) is 3.36. The van der Waals surface area contributed by atoms with Crippen molar-refractivity contribution in [1.82, 2.24) is 0 Å². The standard InChI is InChI=1S/C22H17Cl3N2O4S/c23-15-5-7-19(17(24)11-15)26-22(28)13-31-21-8-6-16(12-18(21)25)32(29,30)27-10-9-14-3-1-2-4-20(14)27/h1-8,11-12H,9-10,13H2,(H,26,28). The summed E-state index contributed by atoms with van der Waals surface area (Å²) in [5.74, 6) is -0.277. The molecule has 10 heteroatoms. The Hall–Kier alpha value is -2.45. The van der Waals surface area contributed by atoms with E-state index in [-0.39, 0.29) is 22.3 Å². The molecule has 1 aliphatic rings. The predicted octanol–water partition coefficient (Wildman–Crippen LogP) is 5.42. The molecule has 3 aromatic rings. The van der Waals surface area contributed by atoms with Crippen molar-refractivity contribution in [2.24, 2.45) is 0 Å². The maximum Gasteiger partial charge on any atom is 0.264 e. The first-order chi connectivity index (χ1) is 15.3. The number of benzene rings is 3. The van der Waals surface area contributed by atoms with E-state index in [0.29, 0.717) is 34.4 Å². The molecule has 1 amide bonds. The van der Waals surface area contributed by atoms with E-state index in [9.17, 15) is 13.2 Å². The summed E-state index contributed by atoms with van der Waals surface area (Å²) in [7, 11) is -3.78. The van der Waals surface area contributed by atoms with Crippen LogP contribution in [-0.2, 0) is 21.2 Å². The zero-order valence-corrected chi connectivity index (χ0v) is 19.6. The van der Waals surface area contributed by atoms with Gasteiger partial charge in [-0.2, -0.15) is 0 Å². The lowest BCUT2D eigenvalue weighted by molar-refractivity contribution is -0.118. The van der Waals surface area contributed by atoms with E-state index in [2.05, 4.69) is 5.32 Å². The maximum absolute atomic E-state index is 13.1. The van der Waals surface area contributed by atoms with Crippen LogP contribution in [0.15, 0.2) is 65.6 Å². The van der Waals surface area contributed by atoms with Gasteiger partial charge in [0.2, 0.25) is 0 Å². The third-order valence-electron chi connectivity index (χ3n) is 4.90. The first-order valence-electron chi connectivity index (χ1n) is 9.53. The fraction of sp³-hybridized carbons (Fsp3) is 0.136. The topological polar surface area (TPSA) is 75.7 Å². The SMILES string of the molecule is O=C(COc1ccc(S(=O)(=O)N2CCc3ccccc32)cc1Cl)Nc1ccc(Cl)cc1Cl. The smallest absolute Gasteiger partial charge is 0.264 e. The minimum absolute atomic E-state index is 0.0453. The highest BCUT2D eigenvalue weighted by molar-refractivity contribution is 7.92. The van der Waals surface area contributed by atoms with Crippen molar-refractivity contribution in [3.8, 4) is 5.75 Å². The van der Waals surface area contributed by atoms with Crippen molar-refractivity contribution in [3.63, 3.8) is 0 Å². The summed E-state index contributed by atoms with van der Waals surface area (Å²) in [4.78, 5) is 12.2. The van der Waals surface area contributed by atoms with Crippen LogP contribution < -0.4 is 14.4 Å². The molecule has 0 aliphatic carbocycles. The molecule has 0 spiro atoms. The van der Waals surface area contributed by atoms with Crippen LogP contribution in [0.25, 0.3) is 0 Å². The van der Waals surface area contributed by atoms with Crippen molar-refractivity contribution in [3.05, 3.63) is 81.3 Å². The number of hydrogen-bond acceptors (Lipinski definition) is 4. The fourth-order valence-corrected chi connectivity index (χ4v) is 5.65. The Bertz CT molecular complexity index is 1300. The van der Waals surface area contributed by atoms with E-state index in [1.54, 1.807) is 24.3 Å². The minimum atomic E-state index is -3.78. The van der Waals surface area contributed by atoms with Crippen LogP contribution in [0.5, 0.6) is 5.75 Å². The van der Waals surface area contributed by atoms with Crippen LogP contribution in [0, 0.1) is 0 Å². The average Bonchev–Trinajstić information content (AvgIpc) is 3.20. The van der Waals surface area contributed by atoms with Gasteiger partial charge < -0.3 is 10.1 Å². The van der Waals surface area contributed by atoms with Gasteiger partial charge >= 0.3 is 0 Å². The van der Waals surface area contributed by atoms with Gasteiger partial charge in [-0.3, -0.25) is 9.10 Å². The summed E-state index contributed by atoms with van der Waals surface area (Å²) in [6.45, 7) is 0.0231. The van der Waals surface area contributed by atoms with Crippen LogP contribution in [0.2, 0.25) is 15.1 Å². The molecule has 1 heterocycles. The third kappa shape index (κ3) is 4.66. The van der Waals surface area contributed by atoms with E-state index >= 15 is 0 Å². The molecule has 0 bridgehead atoms. The number of ether oxygens (including phenoxy) is 1. The second kappa shape index (κ2) is 9.19. The highest BCUT2D eigenvalue weighted by Gasteiger charge is 2.31. The monoisotopic (exact) mass is 510 g/mol. The van der Waals surface area contributed by atoms with Gasteiger partial charge in [-0.05, 0) is 54.4 Å². The Kier molecular flexibility index (Phi) is 6.53. The summed E-state index contributed by atoms with van der Waals surface area (Å²) in [5, 5.41) is 3.43. The van der Waals surface area contributed by atoms with Crippen LogP contribution in [0.4, 0.5) is 11.4 Å². The average molecular weight is 512 g/mol. The first kappa shape index (κ1) is 22.7. The van der Waals surface area contributed by atoms with E-state index in [1.165, 1.54) is 28.6 Å². The molecule has 6 nitrogen and oxygen atoms in total. The van der Waals surface area contributed by atoms with Gasteiger partial charge in [0, 0.05) is 11.6 Å². The molecular weight excluding hydrogens is 495 g/mol. The Morgan fingerprint density at radius 1 is 1.00 bits per heavy atom. The van der Waals surface area contributed by atoms with E-state index in [4.69, 9.17) is 39.5 Å². The second-order valence-electron chi connectivity index (χ2n) is 7.01. The summed E-state index contributed by atoms with van der Waals surface area (Å²) >= 11 is 18.1. The number of hydrogen-bond donors (Lipinski definition) is 1. The highest BCUT2D eigenvalue weighted by atomic mass is 35.5. The maximum atomic E-state index is 13.1. The molecule has 1 N–H and O–H groups in total. The largest absolute Gasteiger partial charge is 0.482 e. The summed E-state index contributed by atoms with van der Waals surface area (Å²) in [6.07, 6.45) is 0.650. The van der Waals surface area contributed by atoms with Gasteiger partial charge in [0.15, 0.2) is 6.61 Å². The van der Waals surface area contributed by atoms with Crippen molar-refractivity contribution >= 4 is 62.1 Å². The lowest BCUT2D eigenvalue weighted by atomic mass is 10.2. The van der Waals surface area contributed by atoms with Crippen molar-refractivity contribution in [2.45, 2.75) is 11.3 Å². The lowest BCUT2D eigenvalue weighted by Crippen LogP contribution is -2.29.